The van der Waals surface area contributed by atoms with Crippen LogP contribution in [0.25, 0.3) is 0 Å². The molecule has 20 heavy (non-hydrogen) atoms. The zero-order chi connectivity index (χ0) is 14.8. The van der Waals surface area contributed by atoms with Crippen LogP contribution in [0.3, 0.4) is 0 Å². The van der Waals surface area contributed by atoms with E-state index in [-0.39, 0.29) is 17.5 Å². The molecule has 0 N–H and O–H groups in total. The van der Waals surface area contributed by atoms with Gasteiger partial charge in [-0.25, -0.2) is 4.98 Å². The highest BCUT2D eigenvalue weighted by Gasteiger charge is 2.15. The molecule has 0 fully saturated rings. The van der Waals surface area contributed by atoms with Crippen molar-refractivity contribution in [3.05, 3.63) is 28.4 Å². The van der Waals surface area contributed by atoms with Gasteiger partial charge in [0.05, 0.1) is 18.1 Å². The molecule has 0 unspecified atom stereocenters. The molecule has 0 saturated heterocycles. The number of nitrogens with zero attached hydrogens (tertiary/aromatic N) is 2. The van der Waals surface area contributed by atoms with Gasteiger partial charge in [0.2, 0.25) is 0 Å². The van der Waals surface area contributed by atoms with Crippen LogP contribution >= 0.6 is 0 Å². The quantitative estimate of drug-likeness (QED) is 0.299. The third-order valence-corrected chi connectivity index (χ3v) is 2.52. The average Bonchev–Trinajstić information content (AvgIpc) is 2.43. The van der Waals surface area contributed by atoms with Gasteiger partial charge in [-0.3, -0.25) is 14.9 Å². The van der Waals surface area contributed by atoms with Crippen LogP contribution in [0, 0.1) is 10.1 Å². The molecule has 1 rings (SSSR count). The number of unbranched alkanes of at least 4 members (excludes halogenated alkanes) is 2. The largest absolute Gasteiger partial charge is 0.473 e. The van der Waals surface area contributed by atoms with E-state index in [0.717, 1.165) is 6.42 Å². The Morgan fingerprint density at radius 1 is 1.40 bits per heavy atom. The van der Waals surface area contributed by atoms with Gasteiger partial charge in [-0.05, 0) is 32.3 Å². The molecular formula is C13H18N2O5. The number of nitro groups is 1. The Labute approximate surface area is 117 Å². The molecule has 0 aliphatic rings. The van der Waals surface area contributed by atoms with E-state index in [4.69, 9.17) is 9.47 Å². The van der Waals surface area contributed by atoms with E-state index >= 15 is 0 Å². The number of hydrogen-bond donors (Lipinski definition) is 0. The molecule has 0 aliphatic heterocycles. The lowest BCUT2D eigenvalue weighted by atomic mass is 10.2. The number of aromatic nitrogens is 1. The first-order valence-electron chi connectivity index (χ1n) is 6.53. The Hall–Kier alpha value is -2.18. The van der Waals surface area contributed by atoms with Crippen molar-refractivity contribution in [2.75, 3.05) is 13.2 Å². The van der Waals surface area contributed by atoms with E-state index in [1.165, 1.54) is 18.3 Å². The maximum absolute atomic E-state index is 11.1. The average molecular weight is 282 g/mol. The summed E-state index contributed by atoms with van der Waals surface area (Å²) in [6.45, 7) is 2.50. The monoisotopic (exact) mass is 282 g/mol. The Kier molecular flexibility index (Phi) is 7.02. The summed E-state index contributed by atoms with van der Waals surface area (Å²) in [4.78, 5) is 25.1. The summed E-state index contributed by atoms with van der Waals surface area (Å²) in [5.74, 6) is -0.170. The molecule has 7 heteroatoms. The summed E-state index contributed by atoms with van der Waals surface area (Å²) in [6, 6.07) is 2.84. The lowest BCUT2D eigenvalue weighted by molar-refractivity contribution is -0.386. The molecule has 1 heterocycles. The number of carbonyl (C=O) groups is 1. The number of rotatable bonds is 9. The summed E-state index contributed by atoms with van der Waals surface area (Å²) in [7, 11) is 0. The minimum absolute atomic E-state index is 0.0305. The van der Waals surface area contributed by atoms with E-state index in [0.29, 0.717) is 32.5 Å². The van der Waals surface area contributed by atoms with E-state index in [2.05, 4.69) is 4.98 Å². The third-order valence-electron chi connectivity index (χ3n) is 2.52. The van der Waals surface area contributed by atoms with Gasteiger partial charge in [-0.1, -0.05) is 0 Å². The van der Waals surface area contributed by atoms with Gasteiger partial charge in [-0.2, -0.15) is 0 Å². The van der Waals surface area contributed by atoms with E-state index in [9.17, 15) is 14.9 Å². The van der Waals surface area contributed by atoms with Crippen LogP contribution in [-0.2, 0) is 9.53 Å². The lowest BCUT2D eigenvalue weighted by Gasteiger charge is -2.05. The van der Waals surface area contributed by atoms with Gasteiger partial charge in [0.1, 0.15) is 0 Å². The van der Waals surface area contributed by atoms with Gasteiger partial charge < -0.3 is 9.47 Å². The smallest absolute Gasteiger partial charge is 0.330 e. The van der Waals surface area contributed by atoms with Crippen molar-refractivity contribution in [1.82, 2.24) is 4.98 Å². The summed E-state index contributed by atoms with van der Waals surface area (Å²) in [5.41, 5.74) is -0.140. The molecule has 0 atom stereocenters. The Morgan fingerprint density at radius 2 is 2.20 bits per heavy atom. The predicted molar refractivity (Wildman–Crippen MR) is 71.5 cm³/mol. The Morgan fingerprint density at radius 3 is 2.90 bits per heavy atom. The van der Waals surface area contributed by atoms with Crippen LogP contribution in [0.2, 0.25) is 0 Å². The standard InChI is InChI=1S/C13H18N2O5/c1-2-19-12(16)8-4-3-5-10-20-13-11(15(17)18)7-6-9-14-13/h6-7,9H,2-5,8,10H2,1H3. The first-order valence-corrected chi connectivity index (χ1v) is 6.53. The fraction of sp³-hybridized carbons (Fsp3) is 0.538. The Balaban J connectivity index is 2.22. The summed E-state index contributed by atoms with van der Waals surface area (Å²) in [5, 5.41) is 10.7. The third kappa shape index (κ3) is 5.64. The molecule has 0 bridgehead atoms. The number of hydrogen-bond acceptors (Lipinski definition) is 6. The molecule has 0 aromatic carbocycles. The highest BCUT2D eigenvalue weighted by Crippen LogP contribution is 2.22. The normalized spacial score (nSPS) is 10.1. The maximum Gasteiger partial charge on any atom is 0.330 e. The topological polar surface area (TPSA) is 91.6 Å². The zero-order valence-electron chi connectivity index (χ0n) is 11.4. The van der Waals surface area contributed by atoms with Crippen LogP contribution in [0.15, 0.2) is 18.3 Å². The first-order chi connectivity index (χ1) is 9.65. The van der Waals surface area contributed by atoms with Gasteiger partial charge in [0, 0.05) is 18.7 Å². The maximum atomic E-state index is 11.1. The molecule has 0 spiro atoms. The van der Waals surface area contributed by atoms with Gasteiger partial charge in [0.25, 0.3) is 5.88 Å². The van der Waals surface area contributed by atoms with Crippen molar-refractivity contribution < 1.29 is 19.2 Å². The molecule has 0 saturated carbocycles. The molecule has 1 aromatic rings. The van der Waals surface area contributed by atoms with Gasteiger partial charge in [-0.15, -0.1) is 0 Å². The highest BCUT2D eigenvalue weighted by molar-refractivity contribution is 5.69. The second-order valence-corrected chi connectivity index (χ2v) is 4.05. The zero-order valence-corrected chi connectivity index (χ0v) is 11.4. The van der Waals surface area contributed by atoms with Gasteiger partial charge in [0.15, 0.2) is 0 Å². The highest BCUT2D eigenvalue weighted by atomic mass is 16.6. The number of ether oxygens (including phenoxy) is 2. The molecule has 1 aromatic heterocycles. The fourth-order valence-corrected chi connectivity index (χ4v) is 1.58. The number of esters is 1. The molecule has 0 aliphatic carbocycles. The number of pyridine rings is 1. The molecule has 110 valence electrons. The van der Waals surface area contributed by atoms with E-state index < -0.39 is 4.92 Å². The van der Waals surface area contributed by atoms with Crippen molar-refractivity contribution in [2.45, 2.75) is 32.6 Å². The van der Waals surface area contributed by atoms with Crippen LogP contribution in [-0.4, -0.2) is 29.1 Å². The van der Waals surface area contributed by atoms with E-state index in [1.54, 1.807) is 6.92 Å². The minimum atomic E-state index is -0.525. The van der Waals surface area contributed by atoms with Crippen LogP contribution in [0.5, 0.6) is 5.88 Å². The van der Waals surface area contributed by atoms with Crippen molar-refractivity contribution in [3.8, 4) is 5.88 Å². The van der Waals surface area contributed by atoms with Crippen molar-refractivity contribution in [2.24, 2.45) is 0 Å². The summed E-state index contributed by atoms with van der Waals surface area (Å²) < 4.78 is 10.1. The second-order valence-electron chi connectivity index (χ2n) is 4.05. The van der Waals surface area contributed by atoms with E-state index in [1.807, 2.05) is 0 Å². The van der Waals surface area contributed by atoms with Crippen molar-refractivity contribution >= 4 is 11.7 Å². The summed E-state index contributed by atoms with van der Waals surface area (Å²) >= 11 is 0. The minimum Gasteiger partial charge on any atom is -0.473 e. The predicted octanol–water partition coefficient (Wildman–Crippen LogP) is 2.49. The fourth-order valence-electron chi connectivity index (χ4n) is 1.58. The number of carbonyl (C=O) groups excluding carboxylic acids is 1. The Bertz CT molecular complexity index is 450. The molecule has 0 radical (unpaired) electrons. The second kappa shape index (κ2) is 8.84. The van der Waals surface area contributed by atoms with Crippen LogP contribution < -0.4 is 4.74 Å². The van der Waals surface area contributed by atoms with Gasteiger partial charge >= 0.3 is 11.7 Å². The first kappa shape index (κ1) is 15.9. The molecule has 0 amide bonds. The van der Waals surface area contributed by atoms with Crippen LogP contribution in [0.4, 0.5) is 5.69 Å². The lowest BCUT2D eigenvalue weighted by Crippen LogP contribution is -2.05. The van der Waals surface area contributed by atoms with Crippen molar-refractivity contribution in [1.29, 1.82) is 0 Å². The molecular weight excluding hydrogens is 264 g/mol. The molecule has 7 nitrogen and oxygen atoms in total. The van der Waals surface area contributed by atoms with Crippen LogP contribution in [0.1, 0.15) is 32.6 Å². The SMILES string of the molecule is CCOC(=O)CCCCCOc1ncccc1[N+](=O)[O-]. The van der Waals surface area contributed by atoms with Crippen molar-refractivity contribution in [3.63, 3.8) is 0 Å². The summed E-state index contributed by atoms with van der Waals surface area (Å²) in [6.07, 6.45) is 4.04.